The van der Waals surface area contributed by atoms with Crippen LogP contribution in [0.15, 0.2) is 23.8 Å². The summed E-state index contributed by atoms with van der Waals surface area (Å²) in [5.41, 5.74) is 2.42. The van der Waals surface area contributed by atoms with E-state index in [1.165, 1.54) is 5.57 Å². The highest BCUT2D eigenvalue weighted by Gasteiger charge is 2.07. The third-order valence-corrected chi connectivity index (χ3v) is 2.07. The van der Waals surface area contributed by atoms with Crippen molar-refractivity contribution < 1.29 is 4.79 Å². The number of hydrogen-bond donors (Lipinski definition) is 0. The summed E-state index contributed by atoms with van der Waals surface area (Å²) >= 11 is 0. The van der Waals surface area contributed by atoms with Crippen molar-refractivity contribution in [3.63, 3.8) is 0 Å². The maximum absolute atomic E-state index is 11.2. The molecule has 0 heterocycles. The van der Waals surface area contributed by atoms with E-state index in [0.717, 1.165) is 37.7 Å². The topological polar surface area (TPSA) is 17.1 Å². The molecule has 0 aromatic heterocycles. The molecule has 66 valence electrons. The third kappa shape index (κ3) is 3.04. The molecule has 0 N–H and O–H groups in total. The van der Waals surface area contributed by atoms with Gasteiger partial charge in [-0.25, -0.2) is 0 Å². The van der Waals surface area contributed by atoms with Gasteiger partial charge in [0, 0.05) is 6.42 Å². The highest BCUT2D eigenvalue weighted by Crippen LogP contribution is 2.20. The minimum atomic E-state index is 0.295. The first-order valence-electron chi connectivity index (χ1n) is 4.55. The van der Waals surface area contributed by atoms with E-state index < -0.39 is 0 Å². The lowest BCUT2D eigenvalue weighted by Gasteiger charge is -2.02. The van der Waals surface area contributed by atoms with E-state index in [9.17, 15) is 4.79 Å². The summed E-state index contributed by atoms with van der Waals surface area (Å²) in [5.74, 6) is 0.295. The molecule has 0 bridgehead atoms. The predicted octanol–water partition coefficient (Wildman–Crippen LogP) is 3.02. The molecule has 12 heavy (non-hydrogen) atoms. The Morgan fingerprint density at radius 3 is 2.83 bits per heavy atom. The van der Waals surface area contributed by atoms with Gasteiger partial charge in [-0.1, -0.05) is 17.7 Å². The summed E-state index contributed by atoms with van der Waals surface area (Å²) in [7, 11) is 0. The number of carbonyl (C=O) groups excluding carboxylic acids is 1. The van der Waals surface area contributed by atoms with Crippen molar-refractivity contribution in [1.29, 1.82) is 0 Å². The Labute approximate surface area is 74.2 Å². The number of rotatable bonds is 2. The molecule has 0 saturated heterocycles. The van der Waals surface area contributed by atoms with Crippen molar-refractivity contribution in [2.75, 3.05) is 0 Å². The van der Waals surface area contributed by atoms with Gasteiger partial charge in [-0.05, 0) is 38.7 Å². The molecule has 0 aromatic carbocycles. The Hall–Kier alpha value is -0.850. The quantitative estimate of drug-likeness (QED) is 0.573. The van der Waals surface area contributed by atoms with E-state index >= 15 is 0 Å². The van der Waals surface area contributed by atoms with Crippen LogP contribution in [0.1, 0.15) is 39.0 Å². The summed E-state index contributed by atoms with van der Waals surface area (Å²) in [6, 6.07) is 0. The third-order valence-electron chi connectivity index (χ3n) is 2.07. The van der Waals surface area contributed by atoms with Crippen LogP contribution in [0.3, 0.4) is 0 Å². The standard InChI is InChI=1S/C11H16O/c1-9(2)7-10-5-3-4-6-11(12)8-10/h8H,1,3-7H2,2H3. The Bertz CT molecular complexity index is 223. The molecule has 1 aliphatic carbocycles. The summed E-state index contributed by atoms with van der Waals surface area (Å²) in [4.78, 5) is 11.2. The van der Waals surface area contributed by atoms with Crippen molar-refractivity contribution in [3.05, 3.63) is 23.8 Å². The van der Waals surface area contributed by atoms with Gasteiger partial charge >= 0.3 is 0 Å². The average Bonchev–Trinajstić information content (AvgIpc) is 2.12. The van der Waals surface area contributed by atoms with Crippen molar-refractivity contribution in [1.82, 2.24) is 0 Å². The molecular formula is C11H16O. The fraction of sp³-hybridized carbons (Fsp3) is 0.545. The lowest BCUT2D eigenvalue weighted by Crippen LogP contribution is -1.90. The summed E-state index contributed by atoms with van der Waals surface area (Å²) in [5, 5.41) is 0. The molecule has 1 rings (SSSR count). The number of ketones is 1. The smallest absolute Gasteiger partial charge is 0.155 e. The van der Waals surface area contributed by atoms with Gasteiger partial charge in [0.1, 0.15) is 0 Å². The minimum absolute atomic E-state index is 0.295. The maximum Gasteiger partial charge on any atom is 0.155 e. The molecule has 0 unspecified atom stereocenters. The summed E-state index contributed by atoms with van der Waals surface area (Å²) < 4.78 is 0. The van der Waals surface area contributed by atoms with Crippen LogP contribution in [-0.2, 0) is 4.79 Å². The normalized spacial score (nSPS) is 18.4. The van der Waals surface area contributed by atoms with Crippen LogP contribution >= 0.6 is 0 Å². The van der Waals surface area contributed by atoms with Gasteiger partial charge in [-0.3, -0.25) is 4.79 Å². The van der Waals surface area contributed by atoms with Crippen LogP contribution in [0.4, 0.5) is 0 Å². The van der Waals surface area contributed by atoms with Gasteiger partial charge in [-0.2, -0.15) is 0 Å². The van der Waals surface area contributed by atoms with E-state index in [1.54, 1.807) is 0 Å². The zero-order valence-electron chi connectivity index (χ0n) is 7.73. The highest BCUT2D eigenvalue weighted by atomic mass is 16.1. The Balaban J connectivity index is 2.59. The Morgan fingerprint density at radius 1 is 1.50 bits per heavy atom. The molecule has 0 atom stereocenters. The number of allylic oxidation sites excluding steroid dienone is 3. The molecule has 1 nitrogen and oxygen atoms in total. The fourth-order valence-corrected chi connectivity index (χ4v) is 1.55. The van der Waals surface area contributed by atoms with Crippen LogP contribution in [0.2, 0.25) is 0 Å². The van der Waals surface area contributed by atoms with Gasteiger partial charge in [0.05, 0.1) is 0 Å². The van der Waals surface area contributed by atoms with Crippen LogP contribution in [0, 0.1) is 0 Å². The van der Waals surface area contributed by atoms with E-state index in [2.05, 4.69) is 6.58 Å². The van der Waals surface area contributed by atoms with Crippen molar-refractivity contribution >= 4 is 5.78 Å². The molecule has 1 heteroatoms. The molecule has 0 aliphatic heterocycles. The van der Waals surface area contributed by atoms with Crippen LogP contribution < -0.4 is 0 Å². The average molecular weight is 164 g/mol. The van der Waals surface area contributed by atoms with Gasteiger partial charge in [-0.15, -0.1) is 0 Å². The van der Waals surface area contributed by atoms with E-state index in [-0.39, 0.29) is 0 Å². The minimum Gasteiger partial charge on any atom is -0.295 e. The molecule has 0 fully saturated rings. The first-order valence-corrected chi connectivity index (χ1v) is 4.55. The first kappa shape index (κ1) is 9.24. The summed E-state index contributed by atoms with van der Waals surface area (Å²) in [6.45, 7) is 5.86. The predicted molar refractivity (Wildman–Crippen MR) is 51.0 cm³/mol. The van der Waals surface area contributed by atoms with Crippen molar-refractivity contribution in [2.45, 2.75) is 39.0 Å². The largest absolute Gasteiger partial charge is 0.295 e. The second-order valence-electron chi connectivity index (χ2n) is 3.61. The van der Waals surface area contributed by atoms with Crippen LogP contribution in [0.25, 0.3) is 0 Å². The second kappa shape index (κ2) is 4.24. The van der Waals surface area contributed by atoms with Crippen LogP contribution in [0.5, 0.6) is 0 Å². The molecular weight excluding hydrogens is 148 g/mol. The summed E-state index contributed by atoms with van der Waals surface area (Å²) in [6.07, 6.45) is 6.76. The SMILES string of the molecule is C=C(C)CC1=CC(=O)CCCC1. The number of hydrogen-bond acceptors (Lipinski definition) is 1. The zero-order chi connectivity index (χ0) is 8.97. The highest BCUT2D eigenvalue weighted by molar-refractivity contribution is 5.90. The molecule has 0 radical (unpaired) electrons. The molecule has 1 aliphatic rings. The first-order chi connectivity index (χ1) is 5.68. The molecule has 0 amide bonds. The number of carbonyl (C=O) groups is 1. The van der Waals surface area contributed by atoms with Gasteiger partial charge in [0.15, 0.2) is 5.78 Å². The molecule has 0 aromatic rings. The maximum atomic E-state index is 11.2. The van der Waals surface area contributed by atoms with Crippen LogP contribution in [-0.4, -0.2) is 5.78 Å². The van der Waals surface area contributed by atoms with E-state index in [0.29, 0.717) is 5.78 Å². The monoisotopic (exact) mass is 164 g/mol. The lowest BCUT2D eigenvalue weighted by molar-refractivity contribution is -0.114. The Kier molecular flexibility index (Phi) is 3.27. The zero-order valence-corrected chi connectivity index (χ0v) is 7.73. The van der Waals surface area contributed by atoms with E-state index in [4.69, 9.17) is 0 Å². The lowest BCUT2D eigenvalue weighted by atomic mass is 10.0. The van der Waals surface area contributed by atoms with Gasteiger partial charge < -0.3 is 0 Å². The van der Waals surface area contributed by atoms with Crippen molar-refractivity contribution in [3.8, 4) is 0 Å². The van der Waals surface area contributed by atoms with Gasteiger partial charge in [0.25, 0.3) is 0 Å². The van der Waals surface area contributed by atoms with Gasteiger partial charge in [0.2, 0.25) is 0 Å². The fourth-order valence-electron chi connectivity index (χ4n) is 1.55. The van der Waals surface area contributed by atoms with E-state index in [1.807, 2.05) is 13.0 Å². The second-order valence-corrected chi connectivity index (χ2v) is 3.61. The molecule has 0 saturated carbocycles. The molecule has 0 spiro atoms. The van der Waals surface area contributed by atoms with Crippen molar-refractivity contribution in [2.24, 2.45) is 0 Å². The Morgan fingerprint density at radius 2 is 2.17 bits per heavy atom.